The molecule has 33 heavy (non-hydrogen) atoms. The van der Waals surface area contributed by atoms with Crippen molar-refractivity contribution in [1.82, 2.24) is 15.1 Å². The fraction of sp³-hybridized carbons (Fsp3) is 0.346. The fourth-order valence-electron chi connectivity index (χ4n) is 4.97. The summed E-state index contributed by atoms with van der Waals surface area (Å²) in [5, 5.41) is 7.40. The number of anilines is 1. The van der Waals surface area contributed by atoms with E-state index in [1.165, 1.54) is 5.56 Å². The van der Waals surface area contributed by atoms with Gasteiger partial charge in [-0.05, 0) is 49.4 Å². The van der Waals surface area contributed by atoms with Gasteiger partial charge in [-0.15, -0.1) is 0 Å². The number of nitrogens with zero attached hydrogens (tertiary/aromatic N) is 3. The summed E-state index contributed by atoms with van der Waals surface area (Å²) in [6, 6.07) is 17.3. The van der Waals surface area contributed by atoms with Gasteiger partial charge in [0.05, 0.1) is 25.3 Å². The van der Waals surface area contributed by atoms with E-state index in [9.17, 15) is 9.59 Å². The number of H-pyrrole nitrogens is 1. The second-order valence-electron chi connectivity index (χ2n) is 8.63. The average molecular weight is 445 g/mol. The quantitative estimate of drug-likeness (QED) is 0.647. The van der Waals surface area contributed by atoms with E-state index in [0.717, 1.165) is 48.4 Å². The van der Waals surface area contributed by atoms with Gasteiger partial charge in [0.25, 0.3) is 5.91 Å². The van der Waals surface area contributed by atoms with Crippen LogP contribution in [0.1, 0.15) is 52.6 Å². The molecule has 2 aliphatic rings. The van der Waals surface area contributed by atoms with Crippen molar-refractivity contribution in [2.45, 2.75) is 38.1 Å². The number of nitrogens with one attached hydrogen (secondary N) is 1. The molecule has 170 valence electrons. The minimum atomic E-state index is -0.110. The van der Waals surface area contributed by atoms with E-state index in [2.05, 4.69) is 16.3 Å². The number of fused-ring (bicyclic) bond motifs is 1. The second kappa shape index (κ2) is 9.10. The van der Waals surface area contributed by atoms with Gasteiger partial charge >= 0.3 is 0 Å². The van der Waals surface area contributed by atoms with Crippen LogP contribution in [-0.2, 0) is 17.6 Å². The van der Waals surface area contributed by atoms with Gasteiger partial charge in [0.15, 0.2) is 5.69 Å². The summed E-state index contributed by atoms with van der Waals surface area (Å²) in [7, 11) is 1.62. The van der Waals surface area contributed by atoms with Gasteiger partial charge in [-0.1, -0.05) is 36.4 Å². The summed E-state index contributed by atoms with van der Waals surface area (Å²) in [4.78, 5) is 30.2. The van der Waals surface area contributed by atoms with Crippen molar-refractivity contribution in [3.8, 4) is 5.75 Å². The highest BCUT2D eigenvalue weighted by Gasteiger charge is 2.32. The number of methoxy groups -OCH3 is 1. The number of piperidine rings is 1. The number of amides is 2. The largest absolute Gasteiger partial charge is 0.496 e. The molecule has 1 saturated heterocycles. The van der Waals surface area contributed by atoms with Crippen LogP contribution in [0.15, 0.2) is 54.6 Å². The lowest BCUT2D eigenvalue weighted by atomic mass is 9.98. The fourth-order valence-corrected chi connectivity index (χ4v) is 4.97. The third-order valence-corrected chi connectivity index (χ3v) is 6.67. The van der Waals surface area contributed by atoms with Crippen LogP contribution >= 0.6 is 0 Å². The second-order valence-corrected chi connectivity index (χ2v) is 8.63. The Morgan fingerprint density at radius 2 is 1.91 bits per heavy atom. The van der Waals surface area contributed by atoms with Crippen LogP contribution in [0.2, 0.25) is 0 Å². The lowest BCUT2D eigenvalue weighted by Gasteiger charge is -2.35. The number of benzene rings is 2. The number of carbonyl (C=O) groups is 2. The van der Waals surface area contributed by atoms with E-state index in [1.807, 2.05) is 53.4 Å². The molecule has 1 N–H and O–H groups in total. The van der Waals surface area contributed by atoms with Crippen LogP contribution in [0.25, 0.3) is 0 Å². The normalized spacial score (nSPS) is 17.7. The summed E-state index contributed by atoms with van der Waals surface area (Å²) in [6.07, 6.45) is 3.99. The molecule has 2 aromatic carbocycles. The van der Waals surface area contributed by atoms with E-state index >= 15 is 0 Å². The van der Waals surface area contributed by atoms with Gasteiger partial charge in [-0.3, -0.25) is 14.7 Å². The van der Waals surface area contributed by atoms with E-state index in [0.29, 0.717) is 18.8 Å². The highest BCUT2D eigenvalue weighted by Crippen LogP contribution is 2.33. The van der Waals surface area contributed by atoms with Crippen LogP contribution in [0, 0.1) is 0 Å². The Bertz CT molecular complexity index is 1170. The zero-order chi connectivity index (χ0) is 22.8. The number of likely N-dealkylation sites (tertiary alicyclic amines) is 1. The molecule has 1 aromatic heterocycles. The number of rotatable bonds is 5. The van der Waals surface area contributed by atoms with E-state index in [1.54, 1.807) is 12.0 Å². The Morgan fingerprint density at radius 1 is 1.09 bits per heavy atom. The zero-order valence-corrected chi connectivity index (χ0v) is 18.8. The average Bonchev–Trinajstić information content (AvgIpc) is 3.52. The van der Waals surface area contributed by atoms with Gasteiger partial charge in [-0.2, -0.15) is 5.10 Å². The third kappa shape index (κ3) is 4.11. The number of carbonyl (C=O) groups excluding carboxylic acids is 2. The molecule has 3 aromatic rings. The number of aromatic amines is 1. The van der Waals surface area contributed by atoms with E-state index < -0.39 is 0 Å². The lowest BCUT2D eigenvalue weighted by Crippen LogP contribution is -2.39. The summed E-state index contributed by atoms with van der Waals surface area (Å²) < 4.78 is 5.42. The molecular weight excluding hydrogens is 416 g/mol. The van der Waals surface area contributed by atoms with Crippen LogP contribution in [0.3, 0.4) is 0 Å². The van der Waals surface area contributed by atoms with Crippen LogP contribution in [0.4, 0.5) is 5.69 Å². The Labute approximate surface area is 193 Å². The van der Waals surface area contributed by atoms with Crippen molar-refractivity contribution in [1.29, 1.82) is 0 Å². The van der Waals surface area contributed by atoms with E-state index in [4.69, 9.17) is 4.74 Å². The molecule has 0 aliphatic carbocycles. The summed E-state index contributed by atoms with van der Waals surface area (Å²) in [5.41, 5.74) is 4.23. The van der Waals surface area contributed by atoms with Gasteiger partial charge < -0.3 is 14.5 Å². The molecule has 3 heterocycles. The number of hydrogen-bond acceptors (Lipinski definition) is 4. The Balaban J connectivity index is 1.34. The molecule has 7 nitrogen and oxygen atoms in total. The van der Waals surface area contributed by atoms with Crippen molar-refractivity contribution < 1.29 is 14.3 Å². The van der Waals surface area contributed by atoms with E-state index in [-0.39, 0.29) is 24.3 Å². The maximum atomic E-state index is 13.3. The van der Waals surface area contributed by atoms with Crippen molar-refractivity contribution >= 4 is 17.5 Å². The first-order chi connectivity index (χ1) is 16.2. The first-order valence-corrected chi connectivity index (χ1v) is 11.5. The molecular formula is C26H28N4O3. The highest BCUT2D eigenvalue weighted by molar-refractivity contribution is 6.06. The van der Waals surface area contributed by atoms with Gasteiger partial charge in [0.2, 0.25) is 5.91 Å². The van der Waals surface area contributed by atoms with Gasteiger partial charge in [0, 0.05) is 24.3 Å². The van der Waals surface area contributed by atoms with Crippen molar-refractivity contribution in [3.63, 3.8) is 0 Å². The third-order valence-electron chi connectivity index (χ3n) is 6.67. The smallest absolute Gasteiger partial charge is 0.278 e. The lowest BCUT2D eigenvalue weighted by molar-refractivity contribution is -0.134. The molecule has 1 unspecified atom stereocenters. The SMILES string of the molecule is COc1ccccc1CC(=O)N1CCCCC1c1cc(C(=O)N2CCc3ccccc32)n[nH]1. The minimum absolute atomic E-state index is 0.0557. The number of hydrogen-bond donors (Lipinski definition) is 1. The molecule has 1 fully saturated rings. The topological polar surface area (TPSA) is 78.5 Å². The number of aromatic nitrogens is 2. The molecule has 0 saturated carbocycles. The minimum Gasteiger partial charge on any atom is -0.496 e. The predicted octanol–water partition coefficient (Wildman–Crippen LogP) is 3.92. The first kappa shape index (κ1) is 21.2. The summed E-state index contributed by atoms with van der Waals surface area (Å²) in [6.45, 7) is 1.35. The van der Waals surface area contributed by atoms with Crippen molar-refractivity contribution in [2.24, 2.45) is 0 Å². The number of para-hydroxylation sites is 2. The number of ether oxygens (including phenoxy) is 1. The summed E-state index contributed by atoms with van der Waals surface area (Å²) >= 11 is 0. The molecule has 0 radical (unpaired) electrons. The monoisotopic (exact) mass is 444 g/mol. The van der Waals surface area contributed by atoms with Crippen LogP contribution in [-0.4, -0.2) is 47.1 Å². The molecule has 5 rings (SSSR count). The molecule has 2 aliphatic heterocycles. The Kier molecular flexibility index (Phi) is 5.86. The van der Waals surface area contributed by atoms with Crippen molar-refractivity contribution in [3.05, 3.63) is 77.1 Å². The van der Waals surface area contributed by atoms with Gasteiger partial charge in [-0.25, -0.2) is 0 Å². The standard InChI is InChI=1S/C26H28N4O3/c1-33-24-12-5-3-9-19(24)16-25(31)29-14-7-6-11-23(29)20-17-21(28-27-20)26(32)30-15-13-18-8-2-4-10-22(18)30/h2-5,8-10,12,17,23H,6-7,11,13-16H2,1H3,(H,27,28). The predicted molar refractivity (Wildman–Crippen MR) is 125 cm³/mol. The summed E-state index contributed by atoms with van der Waals surface area (Å²) in [5.74, 6) is 0.671. The molecule has 7 heteroatoms. The molecule has 0 bridgehead atoms. The highest BCUT2D eigenvalue weighted by atomic mass is 16.5. The Morgan fingerprint density at radius 3 is 2.79 bits per heavy atom. The first-order valence-electron chi connectivity index (χ1n) is 11.5. The molecule has 1 atom stereocenters. The Hall–Kier alpha value is -3.61. The maximum absolute atomic E-state index is 13.3. The van der Waals surface area contributed by atoms with Crippen LogP contribution < -0.4 is 9.64 Å². The van der Waals surface area contributed by atoms with Crippen LogP contribution in [0.5, 0.6) is 5.75 Å². The maximum Gasteiger partial charge on any atom is 0.278 e. The molecule has 0 spiro atoms. The molecule has 2 amide bonds. The van der Waals surface area contributed by atoms with Gasteiger partial charge in [0.1, 0.15) is 5.75 Å². The zero-order valence-electron chi connectivity index (χ0n) is 18.8. The van der Waals surface area contributed by atoms with Crippen molar-refractivity contribution in [2.75, 3.05) is 25.1 Å².